The topological polar surface area (TPSA) is 78.0 Å². The normalized spacial score (nSPS) is 26.1. The molecule has 0 aromatic heterocycles. The van der Waals surface area contributed by atoms with Gasteiger partial charge in [-0.15, -0.1) is 0 Å². The Hall–Kier alpha value is -3.49. The van der Waals surface area contributed by atoms with E-state index in [0.717, 1.165) is 14.9 Å². The first-order valence-electron chi connectivity index (χ1n) is 13.1. The summed E-state index contributed by atoms with van der Waals surface area (Å²) < 4.78 is 0.830. The molecule has 0 saturated carbocycles. The Labute approximate surface area is 245 Å². The molecule has 5 amide bonds. The number of imide groups is 2. The van der Waals surface area contributed by atoms with E-state index in [-0.39, 0.29) is 12.3 Å². The van der Waals surface area contributed by atoms with Crippen LogP contribution >= 0.6 is 27.5 Å². The van der Waals surface area contributed by atoms with E-state index in [1.807, 2.05) is 54.6 Å². The van der Waals surface area contributed by atoms with E-state index < -0.39 is 46.8 Å². The van der Waals surface area contributed by atoms with Gasteiger partial charge < -0.3 is 4.90 Å². The van der Waals surface area contributed by atoms with Crippen LogP contribution in [0.2, 0.25) is 5.02 Å². The monoisotopic (exact) mass is 619 g/mol. The fraction of sp³-hybridized carbons (Fsp3) is 0.290. The summed E-state index contributed by atoms with van der Waals surface area (Å²) >= 11 is 9.73. The smallest absolute Gasteiger partial charge is 0.300 e. The van der Waals surface area contributed by atoms with Crippen molar-refractivity contribution in [2.75, 3.05) is 4.90 Å². The van der Waals surface area contributed by atoms with Crippen LogP contribution in [0.3, 0.4) is 0 Å². The molecule has 0 aliphatic carbocycles. The number of carbonyl (C=O) groups excluding carboxylic acids is 4. The predicted octanol–water partition coefficient (Wildman–Crippen LogP) is 6.01. The highest BCUT2D eigenvalue weighted by molar-refractivity contribution is 9.10. The molecule has 0 N–H and O–H groups in total. The number of rotatable bonds is 4. The SMILES string of the molecule is CC(C)(C)N1C(=O)[C@H]2[C@@H](c3ccc(Br)cc3)N3C(=O)N(c4cccc(Cl)c4)C(=O)[C@@]3(Cc3ccccc3)[C@H]2C1=O. The van der Waals surface area contributed by atoms with Crippen molar-refractivity contribution in [2.24, 2.45) is 11.8 Å². The molecule has 3 heterocycles. The van der Waals surface area contributed by atoms with Gasteiger partial charge in [-0.05, 0) is 62.2 Å². The van der Waals surface area contributed by atoms with Crippen molar-refractivity contribution in [1.29, 1.82) is 0 Å². The summed E-state index contributed by atoms with van der Waals surface area (Å²) in [6, 6.07) is 21.8. The van der Waals surface area contributed by atoms with Crippen molar-refractivity contribution < 1.29 is 19.2 Å². The summed E-state index contributed by atoms with van der Waals surface area (Å²) in [7, 11) is 0. The van der Waals surface area contributed by atoms with Crippen LogP contribution < -0.4 is 4.90 Å². The summed E-state index contributed by atoms with van der Waals surface area (Å²) in [4.78, 5) is 61.6. The Morgan fingerprint density at radius 2 is 1.55 bits per heavy atom. The second-order valence-corrected chi connectivity index (χ2v) is 12.9. The first-order chi connectivity index (χ1) is 19.0. The Kier molecular flexibility index (Phi) is 6.20. The molecule has 9 heteroatoms. The van der Waals surface area contributed by atoms with Crippen LogP contribution in [0.1, 0.15) is 37.9 Å². The van der Waals surface area contributed by atoms with Gasteiger partial charge in [0.1, 0.15) is 5.54 Å². The van der Waals surface area contributed by atoms with Gasteiger partial charge in [-0.2, -0.15) is 0 Å². The fourth-order valence-electron chi connectivity index (χ4n) is 6.68. The maximum atomic E-state index is 14.7. The molecule has 3 aliphatic rings. The Morgan fingerprint density at radius 3 is 2.17 bits per heavy atom. The summed E-state index contributed by atoms with van der Waals surface area (Å²) in [5.41, 5.74) is -0.638. The lowest BCUT2D eigenvalue weighted by atomic mass is 9.75. The molecule has 3 saturated heterocycles. The molecule has 0 unspecified atom stereocenters. The van der Waals surface area contributed by atoms with E-state index in [0.29, 0.717) is 16.3 Å². The molecule has 40 heavy (non-hydrogen) atoms. The highest BCUT2D eigenvalue weighted by Crippen LogP contribution is 2.60. The molecule has 0 bridgehead atoms. The first-order valence-corrected chi connectivity index (χ1v) is 14.2. The molecule has 204 valence electrons. The highest BCUT2D eigenvalue weighted by atomic mass is 79.9. The lowest BCUT2D eigenvalue weighted by Crippen LogP contribution is -2.57. The number of nitrogens with zero attached hydrogens (tertiary/aromatic N) is 3. The van der Waals surface area contributed by atoms with Crippen molar-refractivity contribution in [3.8, 4) is 0 Å². The van der Waals surface area contributed by atoms with E-state index in [1.165, 1.54) is 9.80 Å². The number of hydrogen-bond donors (Lipinski definition) is 0. The third-order valence-electron chi connectivity index (χ3n) is 8.15. The number of likely N-dealkylation sites (tertiary alicyclic amines) is 1. The third kappa shape index (κ3) is 3.76. The third-order valence-corrected chi connectivity index (χ3v) is 8.91. The van der Waals surface area contributed by atoms with Gasteiger partial charge in [0.25, 0.3) is 5.91 Å². The van der Waals surface area contributed by atoms with E-state index in [2.05, 4.69) is 15.9 Å². The summed E-state index contributed by atoms with van der Waals surface area (Å²) in [5, 5.41) is 0.371. The minimum Gasteiger partial charge on any atom is -0.300 e. The van der Waals surface area contributed by atoms with Crippen LogP contribution in [-0.4, -0.2) is 44.6 Å². The van der Waals surface area contributed by atoms with Crippen molar-refractivity contribution in [3.05, 3.63) is 99.5 Å². The molecule has 6 rings (SSSR count). The lowest BCUT2D eigenvalue weighted by molar-refractivity contribution is -0.149. The van der Waals surface area contributed by atoms with Gasteiger partial charge in [0.2, 0.25) is 11.8 Å². The zero-order valence-electron chi connectivity index (χ0n) is 22.2. The molecule has 3 aliphatic heterocycles. The van der Waals surface area contributed by atoms with Gasteiger partial charge in [-0.1, -0.05) is 76.1 Å². The molecular formula is C31H27BrClN3O4. The van der Waals surface area contributed by atoms with Gasteiger partial charge in [0.15, 0.2) is 0 Å². The Bertz CT molecular complexity index is 1550. The van der Waals surface area contributed by atoms with E-state index in [1.54, 1.807) is 45.0 Å². The number of anilines is 1. The van der Waals surface area contributed by atoms with Gasteiger partial charge in [0, 0.05) is 21.5 Å². The number of hydrogen-bond acceptors (Lipinski definition) is 4. The quantitative estimate of drug-likeness (QED) is 0.265. The molecule has 0 radical (unpaired) electrons. The lowest BCUT2D eigenvalue weighted by Gasteiger charge is -2.38. The number of fused-ring (bicyclic) bond motifs is 3. The average Bonchev–Trinajstić information content (AvgIpc) is 3.42. The molecule has 0 spiro atoms. The minimum absolute atomic E-state index is 0.0840. The van der Waals surface area contributed by atoms with Crippen molar-refractivity contribution in [2.45, 2.75) is 44.3 Å². The molecule has 7 nitrogen and oxygen atoms in total. The van der Waals surface area contributed by atoms with E-state index in [9.17, 15) is 19.2 Å². The molecular weight excluding hydrogens is 594 g/mol. The number of carbonyl (C=O) groups is 4. The number of amides is 5. The standard InChI is InChI=1S/C31H27BrClN3O4/c1-30(2,3)36-26(37)23-24(27(36)38)31(17-18-8-5-4-6-9-18)28(39)34(22-11-7-10-21(33)16-22)29(40)35(31)25(23)19-12-14-20(32)15-13-19/h4-16,23-25H,17H2,1-3H3/t23-,24-,25-,31-/m1/s1. The van der Waals surface area contributed by atoms with Crippen molar-refractivity contribution in [3.63, 3.8) is 0 Å². The first kappa shape index (κ1) is 26.7. The van der Waals surface area contributed by atoms with Crippen molar-refractivity contribution >= 4 is 57.0 Å². The van der Waals surface area contributed by atoms with Crippen LogP contribution in [0.5, 0.6) is 0 Å². The van der Waals surface area contributed by atoms with Crippen molar-refractivity contribution in [1.82, 2.24) is 9.80 Å². The fourth-order valence-corrected chi connectivity index (χ4v) is 7.13. The maximum Gasteiger partial charge on any atom is 0.332 e. The number of halogens is 2. The highest BCUT2D eigenvalue weighted by Gasteiger charge is 2.77. The van der Waals surface area contributed by atoms with Crippen LogP contribution in [0.25, 0.3) is 0 Å². The molecule has 4 atom stereocenters. The van der Waals surface area contributed by atoms with Crippen LogP contribution in [-0.2, 0) is 20.8 Å². The predicted molar refractivity (Wildman–Crippen MR) is 155 cm³/mol. The zero-order valence-corrected chi connectivity index (χ0v) is 24.5. The van der Waals surface area contributed by atoms with E-state index in [4.69, 9.17) is 11.6 Å². The van der Waals surface area contributed by atoms with E-state index >= 15 is 0 Å². The zero-order chi connectivity index (χ0) is 28.6. The average molecular weight is 621 g/mol. The second kappa shape index (κ2) is 9.28. The second-order valence-electron chi connectivity index (χ2n) is 11.5. The summed E-state index contributed by atoms with van der Waals surface area (Å²) in [6.45, 7) is 5.42. The number of urea groups is 1. The van der Waals surface area contributed by atoms with Gasteiger partial charge >= 0.3 is 6.03 Å². The summed E-state index contributed by atoms with van der Waals surface area (Å²) in [5.74, 6) is -3.31. The molecule has 3 aromatic carbocycles. The van der Waals surface area contributed by atoms with Gasteiger partial charge in [0.05, 0.1) is 23.6 Å². The van der Waals surface area contributed by atoms with Gasteiger partial charge in [-0.25, -0.2) is 9.69 Å². The largest absolute Gasteiger partial charge is 0.332 e. The summed E-state index contributed by atoms with van der Waals surface area (Å²) in [6.07, 6.45) is 0.0840. The Morgan fingerprint density at radius 1 is 0.875 bits per heavy atom. The maximum absolute atomic E-state index is 14.7. The van der Waals surface area contributed by atoms with Crippen LogP contribution in [0.4, 0.5) is 10.5 Å². The van der Waals surface area contributed by atoms with Gasteiger partial charge in [-0.3, -0.25) is 19.3 Å². The molecule has 3 fully saturated rings. The molecule has 3 aromatic rings. The minimum atomic E-state index is -1.62. The number of benzene rings is 3. The van der Waals surface area contributed by atoms with Crippen LogP contribution in [0, 0.1) is 11.8 Å². The van der Waals surface area contributed by atoms with Crippen LogP contribution in [0.15, 0.2) is 83.3 Å². The Balaban J connectivity index is 1.63.